The smallest absolute Gasteiger partial charge is 0.320 e. The number of alkyl halides is 3. The van der Waals surface area contributed by atoms with Gasteiger partial charge in [-0.2, -0.15) is 13.2 Å². The summed E-state index contributed by atoms with van der Waals surface area (Å²) in [5.74, 6) is -0.324. The molecule has 0 aliphatic heterocycles. The molecule has 1 saturated carbocycles. The highest BCUT2D eigenvalue weighted by atomic mass is 35.5. The average Bonchev–Trinajstić information content (AvgIpc) is 2.34. The molecule has 0 spiro atoms. The molecule has 5 heteroatoms. The van der Waals surface area contributed by atoms with E-state index in [-0.39, 0.29) is 18.3 Å². The Morgan fingerprint density at radius 1 is 1.17 bits per heavy atom. The fraction of sp³-hybridized carbons (Fsp3) is 1.00. The van der Waals surface area contributed by atoms with E-state index in [1.54, 1.807) is 0 Å². The lowest BCUT2D eigenvalue weighted by atomic mass is 9.99. The van der Waals surface area contributed by atoms with Crippen molar-refractivity contribution in [1.82, 2.24) is 0 Å². The molecule has 74 valence electrons. The van der Waals surface area contributed by atoms with Gasteiger partial charge in [-0.05, 0) is 18.8 Å². The lowest BCUT2D eigenvalue weighted by molar-refractivity contribution is -0.158. The highest BCUT2D eigenvalue weighted by Crippen LogP contribution is 2.34. The van der Waals surface area contributed by atoms with Crippen LogP contribution in [0.5, 0.6) is 0 Å². The van der Waals surface area contributed by atoms with Crippen molar-refractivity contribution in [1.29, 1.82) is 0 Å². The minimum atomic E-state index is -4.20. The summed E-state index contributed by atoms with van der Waals surface area (Å²) < 4.78 is 35.9. The van der Waals surface area contributed by atoms with E-state index in [4.69, 9.17) is 5.73 Å². The van der Waals surface area contributed by atoms with E-state index in [9.17, 15) is 13.2 Å². The topological polar surface area (TPSA) is 26.0 Å². The average molecular weight is 204 g/mol. The van der Waals surface area contributed by atoms with Crippen molar-refractivity contribution in [2.45, 2.75) is 37.9 Å². The SMILES string of the molecule is Cl.N[C@H](C1CCCC1)C(F)(F)F. The van der Waals surface area contributed by atoms with E-state index in [0.717, 1.165) is 12.8 Å². The molecule has 0 aromatic carbocycles. The van der Waals surface area contributed by atoms with Crippen LogP contribution in [0.25, 0.3) is 0 Å². The van der Waals surface area contributed by atoms with Gasteiger partial charge in [0.25, 0.3) is 0 Å². The third-order valence-electron chi connectivity index (χ3n) is 2.29. The zero-order valence-corrected chi connectivity index (χ0v) is 7.42. The van der Waals surface area contributed by atoms with Gasteiger partial charge >= 0.3 is 6.18 Å². The molecule has 0 amide bonds. The molecule has 0 bridgehead atoms. The predicted octanol–water partition coefficient (Wildman–Crippen LogP) is 2.49. The van der Waals surface area contributed by atoms with Crippen molar-refractivity contribution in [2.75, 3.05) is 0 Å². The summed E-state index contributed by atoms with van der Waals surface area (Å²) in [7, 11) is 0. The molecule has 0 aromatic heterocycles. The lowest BCUT2D eigenvalue weighted by Crippen LogP contribution is -2.42. The Morgan fingerprint density at radius 3 is 1.92 bits per heavy atom. The number of halogens is 4. The largest absolute Gasteiger partial charge is 0.403 e. The Morgan fingerprint density at radius 2 is 1.58 bits per heavy atom. The molecular weight excluding hydrogens is 191 g/mol. The van der Waals surface area contributed by atoms with E-state index in [1.807, 2.05) is 0 Å². The predicted molar refractivity (Wildman–Crippen MR) is 43.2 cm³/mol. The molecule has 0 unspecified atom stereocenters. The van der Waals surface area contributed by atoms with Crippen LogP contribution >= 0.6 is 12.4 Å². The lowest BCUT2D eigenvalue weighted by Gasteiger charge is -2.21. The molecule has 0 heterocycles. The van der Waals surface area contributed by atoms with E-state index < -0.39 is 12.2 Å². The third-order valence-corrected chi connectivity index (χ3v) is 2.29. The van der Waals surface area contributed by atoms with Crippen LogP contribution in [0.1, 0.15) is 25.7 Å². The van der Waals surface area contributed by atoms with Crippen LogP contribution in [0.2, 0.25) is 0 Å². The molecule has 1 atom stereocenters. The van der Waals surface area contributed by atoms with Crippen molar-refractivity contribution < 1.29 is 13.2 Å². The molecule has 12 heavy (non-hydrogen) atoms. The summed E-state index contributed by atoms with van der Waals surface area (Å²) in [6.07, 6.45) is -1.13. The van der Waals surface area contributed by atoms with Gasteiger partial charge in [-0.3, -0.25) is 0 Å². The Kier molecular flexibility index (Phi) is 4.34. The van der Waals surface area contributed by atoms with Gasteiger partial charge in [0.05, 0.1) is 0 Å². The van der Waals surface area contributed by atoms with Gasteiger partial charge in [0.2, 0.25) is 0 Å². The molecular formula is C7H13ClF3N. The molecule has 1 aliphatic carbocycles. The first kappa shape index (κ1) is 12.0. The molecule has 0 aromatic rings. The maximum atomic E-state index is 12.0. The van der Waals surface area contributed by atoms with Crippen LogP contribution in [0, 0.1) is 5.92 Å². The van der Waals surface area contributed by atoms with Crippen molar-refractivity contribution in [2.24, 2.45) is 11.7 Å². The summed E-state index contributed by atoms with van der Waals surface area (Å²) in [5, 5.41) is 0. The van der Waals surface area contributed by atoms with Crippen LogP contribution in [0.4, 0.5) is 13.2 Å². The van der Waals surface area contributed by atoms with Gasteiger partial charge in [0, 0.05) is 0 Å². The van der Waals surface area contributed by atoms with Gasteiger partial charge in [-0.25, -0.2) is 0 Å². The van der Waals surface area contributed by atoms with E-state index in [0.29, 0.717) is 12.8 Å². The number of hydrogen-bond acceptors (Lipinski definition) is 1. The first-order valence-electron chi connectivity index (χ1n) is 3.84. The van der Waals surface area contributed by atoms with Gasteiger partial charge in [0.15, 0.2) is 0 Å². The third kappa shape index (κ3) is 2.83. The van der Waals surface area contributed by atoms with Crippen molar-refractivity contribution in [3.63, 3.8) is 0 Å². The Balaban J connectivity index is 0.00000121. The minimum absolute atomic E-state index is 0. The second-order valence-electron chi connectivity index (χ2n) is 3.11. The Hall–Kier alpha value is 0.0400. The monoisotopic (exact) mass is 203 g/mol. The van der Waals surface area contributed by atoms with E-state index in [2.05, 4.69) is 0 Å². The zero-order valence-electron chi connectivity index (χ0n) is 6.60. The molecule has 0 saturated heterocycles. The molecule has 2 N–H and O–H groups in total. The summed E-state index contributed by atoms with van der Waals surface area (Å²) in [4.78, 5) is 0. The Bertz CT molecular complexity index is 131. The van der Waals surface area contributed by atoms with Crippen LogP contribution in [0.15, 0.2) is 0 Å². The minimum Gasteiger partial charge on any atom is -0.320 e. The van der Waals surface area contributed by atoms with E-state index >= 15 is 0 Å². The number of hydrogen-bond donors (Lipinski definition) is 1. The Labute approximate surface area is 75.9 Å². The summed E-state index contributed by atoms with van der Waals surface area (Å²) in [6.45, 7) is 0. The van der Waals surface area contributed by atoms with Crippen molar-refractivity contribution in [3.8, 4) is 0 Å². The number of nitrogens with two attached hydrogens (primary N) is 1. The van der Waals surface area contributed by atoms with Crippen molar-refractivity contribution in [3.05, 3.63) is 0 Å². The van der Waals surface area contributed by atoms with Crippen LogP contribution < -0.4 is 5.73 Å². The molecule has 1 aliphatic rings. The first-order valence-corrected chi connectivity index (χ1v) is 3.84. The van der Waals surface area contributed by atoms with Gasteiger partial charge < -0.3 is 5.73 Å². The second kappa shape index (κ2) is 4.33. The normalized spacial score (nSPS) is 22.0. The summed E-state index contributed by atoms with van der Waals surface area (Å²) in [6, 6.07) is -1.59. The number of rotatable bonds is 1. The van der Waals surface area contributed by atoms with Crippen molar-refractivity contribution >= 4 is 12.4 Å². The maximum absolute atomic E-state index is 12.0. The fourth-order valence-corrected chi connectivity index (χ4v) is 1.58. The van der Waals surface area contributed by atoms with Crippen LogP contribution in [-0.2, 0) is 0 Å². The van der Waals surface area contributed by atoms with Gasteiger partial charge in [-0.1, -0.05) is 12.8 Å². The highest BCUT2D eigenvalue weighted by Gasteiger charge is 2.42. The fourth-order valence-electron chi connectivity index (χ4n) is 1.58. The molecule has 1 nitrogen and oxygen atoms in total. The second-order valence-corrected chi connectivity index (χ2v) is 3.11. The summed E-state index contributed by atoms with van der Waals surface area (Å²) >= 11 is 0. The zero-order chi connectivity index (χ0) is 8.48. The molecule has 0 radical (unpaired) electrons. The van der Waals surface area contributed by atoms with Gasteiger partial charge in [0.1, 0.15) is 6.04 Å². The van der Waals surface area contributed by atoms with Crippen LogP contribution in [-0.4, -0.2) is 12.2 Å². The highest BCUT2D eigenvalue weighted by molar-refractivity contribution is 5.85. The quantitative estimate of drug-likeness (QED) is 0.696. The van der Waals surface area contributed by atoms with Gasteiger partial charge in [-0.15, -0.1) is 12.4 Å². The standard InChI is InChI=1S/C7H12F3N.ClH/c8-7(9,10)6(11)5-3-1-2-4-5;/h5-6H,1-4,11H2;1H/t6-;/m1./s1. The van der Waals surface area contributed by atoms with Crippen LogP contribution in [0.3, 0.4) is 0 Å². The molecule has 1 rings (SSSR count). The molecule has 1 fully saturated rings. The summed E-state index contributed by atoms with van der Waals surface area (Å²) in [5.41, 5.74) is 5.03. The first-order chi connectivity index (χ1) is 5.02. The van der Waals surface area contributed by atoms with E-state index in [1.165, 1.54) is 0 Å². The maximum Gasteiger partial charge on any atom is 0.403 e.